The molecule has 0 radical (unpaired) electrons. The van der Waals surface area contributed by atoms with Crippen LogP contribution in [0.3, 0.4) is 0 Å². The van der Waals surface area contributed by atoms with Gasteiger partial charge in [0.05, 0.1) is 12.2 Å². The van der Waals surface area contributed by atoms with Crippen LogP contribution in [0.25, 0.3) is 0 Å². The van der Waals surface area contributed by atoms with Crippen LogP contribution in [0.2, 0.25) is 0 Å². The summed E-state index contributed by atoms with van der Waals surface area (Å²) in [6.45, 7) is 14.7. The number of likely N-dealkylation sites (tertiary alicyclic amines) is 1. The number of benzene rings is 1. The molecule has 5 rings (SSSR count). The van der Waals surface area contributed by atoms with Crippen LogP contribution < -0.4 is 9.64 Å². The lowest BCUT2D eigenvalue weighted by atomic mass is 9.65. The molecule has 0 N–H and O–H groups in total. The van der Waals surface area contributed by atoms with Crippen molar-refractivity contribution in [2.24, 2.45) is 10.8 Å². The maximum Gasteiger partial charge on any atom is 0.273 e. The Hall–Kier alpha value is -2.41. The van der Waals surface area contributed by atoms with Crippen molar-refractivity contribution in [3.63, 3.8) is 0 Å². The number of fused-ring (bicyclic) bond motifs is 3. The van der Waals surface area contributed by atoms with Crippen LogP contribution >= 0.6 is 11.3 Å². The fourth-order valence-corrected chi connectivity index (χ4v) is 7.22. The van der Waals surface area contributed by atoms with E-state index < -0.39 is 0 Å². The van der Waals surface area contributed by atoms with Crippen molar-refractivity contribution in [2.75, 3.05) is 18.1 Å². The van der Waals surface area contributed by atoms with Gasteiger partial charge in [-0.25, -0.2) is 4.98 Å². The number of hydrogen-bond acceptors (Lipinski definition) is 5. The molecule has 3 heterocycles. The first-order valence-corrected chi connectivity index (χ1v) is 13.6. The zero-order valence-electron chi connectivity index (χ0n) is 21.8. The molecule has 1 aromatic heterocycles. The van der Waals surface area contributed by atoms with Gasteiger partial charge < -0.3 is 9.64 Å². The molecule has 6 nitrogen and oxygen atoms in total. The highest BCUT2D eigenvalue weighted by Gasteiger charge is 2.51. The highest BCUT2D eigenvalue weighted by atomic mass is 32.1. The Bertz CT molecular complexity index is 1170. The highest BCUT2D eigenvalue weighted by Crippen LogP contribution is 2.52. The number of nitrogens with zero attached hydrogens (tertiary/aromatic N) is 3. The van der Waals surface area contributed by atoms with Crippen LogP contribution in [0.15, 0.2) is 23.6 Å². The number of ether oxygens (including phenoxy) is 1. The van der Waals surface area contributed by atoms with E-state index >= 15 is 0 Å². The molecule has 2 fully saturated rings. The van der Waals surface area contributed by atoms with Gasteiger partial charge in [-0.1, -0.05) is 47.6 Å². The maximum absolute atomic E-state index is 13.5. The van der Waals surface area contributed by atoms with E-state index in [1.807, 2.05) is 11.4 Å². The topological polar surface area (TPSA) is 62.7 Å². The Kier molecular flexibility index (Phi) is 5.78. The number of hydrogen-bond donors (Lipinski definition) is 0. The van der Waals surface area contributed by atoms with Gasteiger partial charge in [0.1, 0.15) is 16.5 Å². The minimum absolute atomic E-state index is 0.000990. The van der Waals surface area contributed by atoms with Crippen LogP contribution in [0.4, 0.5) is 5.69 Å². The summed E-state index contributed by atoms with van der Waals surface area (Å²) in [5.41, 5.74) is 2.91. The summed E-state index contributed by atoms with van der Waals surface area (Å²) in [7, 11) is 0. The minimum atomic E-state index is -0.0875. The first-order chi connectivity index (χ1) is 16.4. The van der Waals surface area contributed by atoms with Crippen LogP contribution in [0.1, 0.15) is 88.3 Å². The Balaban J connectivity index is 1.37. The molecule has 7 heteroatoms. The number of carbonyl (C=O) groups is 2. The van der Waals surface area contributed by atoms with Crippen molar-refractivity contribution in [1.82, 2.24) is 9.88 Å². The number of amides is 2. The Labute approximate surface area is 212 Å². The van der Waals surface area contributed by atoms with Crippen molar-refractivity contribution >= 4 is 28.8 Å². The van der Waals surface area contributed by atoms with Gasteiger partial charge in [0.25, 0.3) is 11.8 Å². The van der Waals surface area contributed by atoms with Crippen molar-refractivity contribution in [2.45, 2.75) is 85.2 Å². The first-order valence-electron chi connectivity index (χ1n) is 12.7. The summed E-state index contributed by atoms with van der Waals surface area (Å²) in [5, 5.41) is 2.62. The predicted molar refractivity (Wildman–Crippen MR) is 139 cm³/mol. The Morgan fingerprint density at radius 1 is 1.26 bits per heavy atom. The average Bonchev–Trinajstić information content (AvgIpc) is 3.35. The number of anilines is 1. The first kappa shape index (κ1) is 24.3. The second-order valence-corrected chi connectivity index (χ2v) is 13.4. The molecule has 2 unspecified atom stereocenters. The third-order valence-electron chi connectivity index (χ3n) is 8.31. The fourth-order valence-electron chi connectivity index (χ4n) is 6.46. The summed E-state index contributed by atoms with van der Waals surface area (Å²) >= 11 is 1.45. The predicted octanol–water partition coefficient (Wildman–Crippen LogP) is 5.80. The lowest BCUT2D eigenvalue weighted by Gasteiger charge is -2.39. The molecule has 2 amide bonds. The van der Waals surface area contributed by atoms with E-state index in [0.29, 0.717) is 18.0 Å². The lowest BCUT2D eigenvalue weighted by Crippen LogP contribution is -2.39. The second kappa shape index (κ2) is 8.32. The lowest BCUT2D eigenvalue weighted by molar-refractivity contribution is -0.121. The summed E-state index contributed by atoms with van der Waals surface area (Å²) < 4.78 is 5.71. The van der Waals surface area contributed by atoms with Gasteiger partial charge in [-0.2, -0.15) is 0 Å². The Morgan fingerprint density at radius 2 is 2.03 bits per heavy atom. The van der Waals surface area contributed by atoms with E-state index in [0.717, 1.165) is 42.9 Å². The van der Waals surface area contributed by atoms with E-state index in [9.17, 15) is 9.59 Å². The highest BCUT2D eigenvalue weighted by molar-refractivity contribution is 7.09. The average molecular weight is 496 g/mol. The number of thiazole rings is 1. The van der Waals surface area contributed by atoms with Crippen molar-refractivity contribution in [3.8, 4) is 5.75 Å². The molecular weight excluding hydrogens is 458 g/mol. The number of carbonyl (C=O) groups excluding carboxylic acids is 2. The van der Waals surface area contributed by atoms with Gasteiger partial charge in [0, 0.05) is 18.0 Å². The van der Waals surface area contributed by atoms with Crippen LogP contribution in [0, 0.1) is 10.8 Å². The SMILES string of the molecule is CCC(C)(C)c1ccc2c(c1)N(Cc1nc(C(=O)N3CC4(C)CC3CC(C)(C)C4)cs1)C(=O)CO2. The molecule has 3 aliphatic rings. The molecule has 2 aliphatic heterocycles. The van der Waals surface area contributed by atoms with Gasteiger partial charge in [-0.05, 0) is 59.6 Å². The summed E-state index contributed by atoms with van der Waals surface area (Å²) in [5.74, 6) is 0.656. The normalized spacial score (nSPS) is 25.4. The molecule has 35 heavy (non-hydrogen) atoms. The molecule has 1 saturated carbocycles. The molecule has 1 saturated heterocycles. The van der Waals surface area contributed by atoms with Crippen LogP contribution in [0.5, 0.6) is 5.75 Å². The van der Waals surface area contributed by atoms with E-state index in [1.54, 1.807) is 4.90 Å². The standard InChI is InChI=1S/C28H37N3O3S/c1-7-27(4,5)18-8-9-22-21(10-18)30(24(32)14-34-22)13-23-29-20(15-35-23)25(33)31-17-28(6)12-19(31)11-26(2,3)16-28/h8-10,15,19H,7,11-14,16-17H2,1-6H3. The molecular formula is C28H37N3O3S. The zero-order chi connectivity index (χ0) is 25.2. The van der Waals surface area contributed by atoms with E-state index in [1.165, 1.54) is 16.9 Å². The monoisotopic (exact) mass is 495 g/mol. The van der Waals surface area contributed by atoms with Crippen molar-refractivity contribution in [1.29, 1.82) is 0 Å². The van der Waals surface area contributed by atoms with Crippen LogP contribution in [-0.4, -0.2) is 40.9 Å². The second-order valence-electron chi connectivity index (χ2n) is 12.5. The van der Waals surface area contributed by atoms with Crippen molar-refractivity contribution in [3.05, 3.63) is 39.8 Å². The number of rotatable bonds is 5. The molecule has 0 spiro atoms. The molecule has 188 valence electrons. The molecule has 1 aliphatic carbocycles. The maximum atomic E-state index is 13.5. The van der Waals surface area contributed by atoms with E-state index in [4.69, 9.17) is 9.72 Å². The van der Waals surface area contributed by atoms with Gasteiger partial charge in [0.2, 0.25) is 0 Å². The molecule has 1 aromatic carbocycles. The Morgan fingerprint density at radius 3 is 2.77 bits per heavy atom. The summed E-state index contributed by atoms with van der Waals surface area (Å²) in [4.78, 5) is 34.9. The molecule has 2 aromatic rings. The quantitative estimate of drug-likeness (QED) is 0.526. The summed E-state index contributed by atoms with van der Waals surface area (Å²) in [6, 6.07) is 6.41. The van der Waals surface area contributed by atoms with Gasteiger partial charge in [-0.3, -0.25) is 14.5 Å². The third-order valence-corrected chi connectivity index (χ3v) is 9.14. The molecule has 2 atom stereocenters. The summed E-state index contributed by atoms with van der Waals surface area (Å²) in [6.07, 6.45) is 4.26. The fraction of sp³-hybridized carbons (Fsp3) is 0.607. The third kappa shape index (κ3) is 4.48. The smallest absolute Gasteiger partial charge is 0.273 e. The van der Waals surface area contributed by atoms with Gasteiger partial charge >= 0.3 is 0 Å². The zero-order valence-corrected chi connectivity index (χ0v) is 22.6. The van der Waals surface area contributed by atoms with Gasteiger partial charge in [0.15, 0.2) is 6.61 Å². The van der Waals surface area contributed by atoms with Gasteiger partial charge in [-0.15, -0.1) is 11.3 Å². The molecule has 2 bridgehead atoms. The van der Waals surface area contributed by atoms with E-state index in [2.05, 4.69) is 58.6 Å². The number of aromatic nitrogens is 1. The van der Waals surface area contributed by atoms with Crippen LogP contribution in [-0.2, 0) is 16.8 Å². The van der Waals surface area contributed by atoms with Crippen molar-refractivity contribution < 1.29 is 14.3 Å². The van der Waals surface area contributed by atoms with E-state index in [-0.39, 0.29) is 40.7 Å². The minimum Gasteiger partial charge on any atom is -0.482 e. The largest absolute Gasteiger partial charge is 0.482 e.